The molecule has 0 amide bonds. The lowest BCUT2D eigenvalue weighted by Gasteiger charge is -2.06. The molecule has 0 bridgehead atoms. The van der Waals surface area contributed by atoms with Crippen LogP contribution in [0, 0.1) is 10.1 Å². The van der Waals surface area contributed by atoms with Crippen LogP contribution < -0.4 is 5.32 Å². The average molecular weight is 342 g/mol. The third kappa shape index (κ3) is 4.32. The number of rotatable bonds is 7. The first-order chi connectivity index (χ1) is 10.1. The number of nitro benzene ring substituents is 1. The van der Waals surface area contributed by atoms with E-state index in [1.54, 1.807) is 23.9 Å². The van der Waals surface area contributed by atoms with Gasteiger partial charge in [-0.2, -0.15) is 0 Å². The maximum absolute atomic E-state index is 11.1. The molecule has 1 N–H and O–H groups in total. The van der Waals surface area contributed by atoms with E-state index in [9.17, 15) is 10.1 Å². The van der Waals surface area contributed by atoms with Gasteiger partial charge in [-0.1, -0.05) is 40.9 Å². The summed E-state index contributed by atoms with van der Waals surface area (Å²) in [6.07, 6.45) is 1.96. The summed E-state index contributed by atoms with van der Waals surface area (Å²) in [6, 6.07) is 5.26. The molecular weight excluding hydrogens is 328 g/mol. The molecule has 112 valence electrons. The van der Waals surface area contributed by atoms with Crippen molar-refractivity contribution in [3.05, 3.63) is 33.9 Å². The van der Waals surface area contributed by atoms with E-state index in [4.69, 9.17) is 0 Å². The van der Waals surface area contributed by atoms with Gasteiger partial charge in [0.25, 0.3) is 5.69 Å². The van der Waals surface area contributed by atoms with Crippen LogP contribution in [-0.4, -0.2) is 27.9 Å². The summed E-state index contributed by atoms with van der Waals surface area (Å²) in [5.74, 6) is 0.635. The van der Waals surface area contributed by atoms with Crippen molar-refractivity contribution in [1.29, 1.82) is 0 Å². The van der Waals surface area contributed by atoms with Gasteiger partial charge in [0.15, 0.2) is 8.68 Å². The molecule has 1 heterocycles. The summed E-state index contributed by atoms with van der Waals surface area (Å²) in [5.41, 5.74) is 1.56. The van der Waals surface area contributed by atoms with Crippen molar-refractivity contribution >= 4 is 46.2 Å². The average Bonchev–Trinajstić information content (AvgIpc) is 2.94. The van der Waals surface area contributed by atoms with E-state index in [-0.39, 0.29) is 10.6 Å². The second kappa shape index (κ2) is 7.62. The normalized spacial score (nSPS) is 10.6. The quantitative estimate of drug-likeness (QED) is 0.464. The van der Waals surface area contributed by atoms with Crippen LogP contribution in [0.5, 0.6) is 0 Å². The zero-order valence-corrected chi connectivity index (χ0v) is 14.0. The van der Waals surface area contributed by atoms with Crippen molar-refractivity contribution in [3.63, 3.8) is 0 Å². The van der Waals surface area contributed by atoms with Crippen LogP contribution in [0.25, 0.3) is 0 Å². The predicted molar refractivity (Wildman–Crippen MR) is 88.5 cm³/mol. The summed E-state index contributed by atoms with van der Waals surface area (Å²) in [4.78, 5) is 10.7. The molecule has 21 heavy (non-hydrogen) atoms. The molecule has 0 atom stereocenters. The fraction of sp³-hybridized carbons (Fsp3) is 0.333. The van der Waals surface area contributed by atoms with Crippen LogP contribution in [0.15, 0.2) is 26.9 Å². The Bertz CT molecular complexity index is 633. The smallest absolute Gasteiger partial charge is 0.292 e. The molecule has 0 aliphatic rings. The monoisotopic (exact) mass is 342 g/mol. The summed E-state index contributed by atoms with van der Waals surface area (Å²) < 4.78 is 1.80. The molecule has 2 rings (SSSR count). The van der Waals surface area contributed by atoms with Gasteiger partial charge < -0.3 is 5.32 Å². The Balaban J connectivity index is 2.09. The molecule has 0 fully saturated rings. The number of hydrogen-bond donors (Lipinski definition) is 1. The SMILES string of the molecule is CCNc1ccc(CSc2nnc(SC)s2)cc1[N+](=O)[O-]. The van der Waals surface area contributed by atoms with E-state index < -0.39 is 0 Å². The minimum atomic E-state index is -0.358. The summed E-state index contributed by atoms with van der Waals surface area (Å²) in [5, 5.41) is 22.2. The highest BCUT2D eigenvalue weighted by atomic mass is 32.2. The molecule has 9 heteroatoms. The first kappa shape index (κ1) is 16.1. The van der Waals surface area contributed by atoms with E-state index in [0.29, 0.717) is 18.0 Å². The molecule has 0 aliphatic heterocycles. The summed E-state index contributed by atoms with van der Waals surface area (Å²) in [7, 11) is 0. The van der Waals surface area contributed by atoms with Gasteiger partial charge in [0.05, 0.1) is 4.92 Å². The summed E-state index contributed by atoms with van der Waals surface area (Å²) >= 11 is 4.63. The van der Waals surface area contributed by atoms with Crippen molar-refractivity contribution in [2.24, 2.45) is 0 Å². The molecular formula is C12H14N4O2S3. The minimum Gasteiger partial charge on any atom is -0.380 e. The van der Waals surface area contributed by atoms with Gasteiger partial charge >= 0.3 is 0 Å². The van der Waals surface area contributed by atoms with Crippen molar-refractivity contribution in [2.45, 2.75) is 21.4 Å². The highest BCUT2D eigenvalue weighted by molar-refractivity contribution is 8.02. The Kier molecular flexibility index (Phi) is 5.83. The molecule has 0 saturated carbocycles. The number of nitrogens with zero attached hydrogens (tertiary/aromatic N) is 3. The van der Waals surface area contributed by atoms with Gasteiger partial charge in [-0.05, 0) is 24.8 Å². The number of nitro groups is 1. The standard InChI is InChI=1S/C12H14N4O2S3/c1-3-13-9-5-4-8(6-10(9)16(17)18)7-20-12-15-14-11(19-2)21-12/h4-6,13H,3,7H2,1-2H3. The Labute approximate surface area is 134 Å². The number of nitrogens with one attached hydrogen (secondary N) is 1. The number of aromatic nitrogens is 2. The van der Waals surface area contributed by atoms with Gasteiger partial charge in [-0.15, -0.1) is 10.2 Å². The highest BCUT2D eigenvalue weighted by Crippen LogP contribution is 2.32. The maximum Gasteiger partial charge on any atom is 0.292 e. The molecule has 0 aliphatic carbocycles. The fourth-order valence-corrected chi connectivity index (χ4v) is 4.02. The lowest BCUT2D eigenvalue weighted by atomic mass is 10.2. The molecule has 0 saturated heterocycles. The van der Waals surface area contributed by atoms with Crippen molar-refractivity contribution < 1.29 is 4.92 Å². The van der Waals surface area contributed by atoms with Crippen LogP contribution in [0.3, 0.4) is 0 Å². The molecule has 0 radical (unpaired) electrons. The zero-order chi connectivity index (χ0) is 15.2. The summed E-state index contributed by atoms with van der Waals surface area (Å²) in [6.45, 7) is 2.56. The van der Waals surface area contributed by atoms with Gasteiger partial charge in [-0.3, -0.25) is 10.1 Å². The van der Waals surface area contributed by atoms with Crippen LogP contribution in [0.4, 0.5) is 11.4 Å². The molecule has 0 spiro atoms. The van der Waals surface area contributed by atoms with E-state index in [1.165, 1.54) is 23.1 Å². The number of thioether (sulfide) groups is 2. The molecule has 0 unspecified atom stereocenters. The fourth-order valence-electron chi connectivity index (χ4n) is 1.64. The Morgan fingerprint density at radius 1 is 1.38 bits per heavy atom. The highest BCUT2D eigenvalue weighted by Gasteiger charge is 2.14. The van der Waals surface area contributed by atoms with Crippen molar-refractivity contribution in [2.75, 3.05) is 18.1 Å². The van der Waals surface area contributed by atoms with E-state index in [0.717, 1.165) is 14.2 Å². The lowest BCUT2D eigenvalue weighted by Crippen LogP contribution is -2.01. The van der Waals surface area contributed by atoms with Gasteiger partial charge in [-0.25, -0.2) is 0 Å². The molecule has 1 aromatic carbocycles. The maximum atomic E-state index is 11.1. The topological polar surface area (TPSA) is 81.0 Å². The van der Waals surface area contributed by atoms with E-state index in [2.05, 4.69) is 15.5 Å². The van der Waals surface area contributed by atoms with Crippen molar-refractivity contribution in [1.82, 2.24) is 10.2 Å². The van der Waals surface area contributed by atoms with Gasteiger partial charge in [0.2, 0.25) is 0 Å². The third-order valence-corrected chi connectivity index (χ3v) is 5.65. The van der Waals surface area contributed by atoms with E-state index in [1.807, 2.05) is 19.2 Å². The van der Waals surface area contributed by atoms with Crippen molar-refractivity contribution in [3.8, 4) is 0 Å². The Morgan fingerprint density at radius 2 is 2.14 bits per heavy atom. The molecule has 2 aromatic rings. The van der Waals surface area contributed by atoms with Crippen LogP contribution in [-0.2, 0) is 5.75 Å². The zero-order valence-electron chi connectivity index (χ0n) is 11.5. The second-order valence-electron chi connectivity index (χ2n) is 3.97. The number of anilines is 1. The van der Waals surface area contributed by atoms with Crippen LogP contribution >= 0.6 is 34.9 Å². The van der Waals surface area contributed by atoms with E-state index >= 15 is 0 Å². The number of benzene rings is 1. The molecule has 6 nitrogen and oxygen atoms in total. The minimum absolute atomic E-state index is 0.108. The van der Waals surface area contributed by atoms with Crippen LogP contribution in [0.2, 0.25) is 0 Å². The second-order valence-corrected chi connectivity index (χ2v) is 7.22. The first-order valence-corrected chi connectivity index (χ1v) is 9.18. The van der Waals surface area contributed by atoms with Gasteiger partial charge in [0.1, 0.15) is 5.69 Å². The first-order valence-electron chi connectivity index (χ1n) is 6.15. The lowest BCUT2D eigenvalue weighted by molar-refractivity contribution is -0.384. The van der Waals surface area contributed by atoms with Gasteiger partial charge in [0, 0.05) is 18.4 Å². The Morgan fingerprint density at radius 3 is 2.76 bits per heavy atom. The van der Waals surface area contributed by atoms with Crippen LogP contribution in [0.1, 0.15) is 12.5 Å². The largest absolute Gasteiger partial charge is 0.380 e. The predicted octanol–water partition coefficient (Wildman–Crippen LogP) is 3.89. The molecule has 1 aromatic heterocycles. The Hall–Kier alpha value is -1.32. The number of hydrogen-bond acceptors (Lipinski definition) is 8. The third-order valence-electron chi connectivity index (χ3n) is 2.55.